The molecule has 1 aromatic rings. The first-order valence-corrected chi connectivity index (χ1v) is 7.28. The van der Waals surface area contributed by atoms with Crippen LogP contribution in [0.2, 0.25) is 0 Å². The fourth-order valence-corrected chi connectivity index (χ4v) is 1.93. The molecule has 0 fully saturated rings. The Labute approximate surface area is 125 Å². The number of hydrogen-bond donors (Lipinski definition) is 2. The van der Waals surface area contributed by atoms with Crippen molar-refractivity contribution in [1.82, 2.24) is 5.32 Å². The number of carboxylic acid groups (broad SMARTS) is 1. The molecule has 0 aliphatic heterocycles. The molecule has 0 spiro atoms. The van der Waals surface area contributed by atoms with Crippen molar-refractivity contribution in [2.75, 3.05) is 6.54 Å². The number of nitrogens with one attached hydrogen (secondary N) is 1. The summed E-state index contributed by atoms with van der Waals surface area (Å²) >= 11 is 0. The van der Waals surface area contributed by atoms with Crippen LogP contribution in [0, 0.1) is 5.92 Å². The molecule has 4 nitrogen and oxygen atoms in total. The lowest BCUT2D eigenvalue weighted by Gasteiger charge is -2.07. The van der Waals surface area contributed by atoms with Crippen LogP contribution < -0.4 is 5.32 Å². The molecule has 1 aromatic carbocycles. The highest BCUT2D eigenvalue weighted by Crippen LogP contribution is 2.08. The zero-order chi connectivity index (χ0) is 15.7. The maximum absolute atomic E-state index is 12.0. The van der Waals surface area contributed by atoms with Gasteiger partial charge in [-0.25, -0.2) is 4.79 Å². The molecular formula is C17H23NO3. The lowest BCUT2D eigenvalue weighted by atomic mass is 10.1. The Kier molecular flexibility index (Phi) is 7.23. The van der Waals surface area contributed by atoms with Crippen molar-refractivity contribution in [2.24, 2.45) is 5.92 Å². The number of amides is 1. The molecule has 0 atom stereocenters. The molecule has 0 aliphatic carbocycles. The van der Waals surface area contributed by atoms with Gasteiger partial charge in [0, 0.05) is 18.2 Å². The number of carbonyl (C=O) groups is 2. The molecule has 0 saturated carbocycles. The summed E-state index contributed by atoms with van der Waals surface area (Å²) < 4.78 is 0. The monoisotopic (exact) mass is 289 g/mol. The predicted octanol–water partition coefficient (Wildman–Crippen LogP) is 3.34. The van der Waals surface area contributed by atoms with Gasteiger partial charge in [-0.15, -0.1) is 0 Å². The van der Waals surface area contributed by atoms with Crippen LogP contribution in [-0.2, 0) is 4.79 Å². The van der Waals surface area contributed by atoms with Crippen LogP contribution in [0.1, 0.15) is 49.0 Å². The molecule has 0 heterocycles. The fraction of sp³-hybridized carbons (Fsp3) is 0.412. The van der Waals surface area contributed by atoms with Crippen molar-refractivity contribution in [3.8, 4) is 0 Å². The van der Waals surface area contributed by atoms with E-state index in [4.69, 9.17) is 5.11 Å². The van der Waals surface area contributed by atoms with Gasteiger partial charge in [0.15, 0.2) is 0 Å². The van der Waals surface area contributed by atoms with Gasteiger partial charge in [0.1, 0.15) is 0 Å². The standard InChI is InChI=1S/C17H23NO3/c1-13(2)6-3-4-11-18-17(21)15-8-5-7-14(12-15)9-10-16(19)20/h5,7-10,12-13H,3-4,6,11H2,1-2H3,(H,18,21)(H,19,20)/b10-9+. The van der Waals surface area contributed by atoms with E-state index in [9.17, 15) is 9.59 Å². The van der Waals surface area contributed by atoms with Crippen molar-refractivity contribution in [2.45, 2.75) is 33.1 Å². The highest BCUT2D eigenvalue weighted by Gasteiger charge is 2.05. The summed E-state index contributed by atoms with van der Waals surface area (Å²) in [5.74, 6) is -0.432. The first kappa shape index (κ1) is 17.0. The number of hydrogen-bond acceptors (Lipinski definition) is 2. The minimum Gasteiger partial charge on any atom is -0.478 e. The average Bonchev–Trinajstić information content (AvgIpc) is 2.44. The van der Waals surface area contributed by atoms with E-state index in [0.29, 0.717) is 23.6 Å². The Morgan fingerprint density at radius 1 is 1.29 bits per heavy atom. The van der Waals surface area contributed by atoms with Crippen LogP contribution >= 0.6 is 0 Å². The second kappa shape index (κ2) is 8.95. The number of benzene rings is 1. The molecule has 1 amide bonds. The van der Waals surface area contributed by atoms with Crippen LogP contribution in [0.4, 0.5) is 0 Å². The third-order valence-corrected chi connectivity index (χ3v) is 3.06. The zero-order valence-corrected chi connectivity index (χ0v) is 12.6. The van der Waals surface area contributed by atoms with Crippen LogP contribution in [0.25, 0.3) is 6.08 Å². The van der Waals surface area contributed by atoms with Crippen molar-refractivity contribution < 1.29 is 14.7 Å². The second-order valence-electron chi connectivity index (χ2n) is 5.44. The normalized spacial score (nSPS) is 11.0. The third-order valence-electron chi connectivity index (χ3n) is 3.06. The van der Waals surface area contributed by atoms with E-state index < -0.39 is 5.97 Å². The summed E-state index contributed by atoms with van der Waals surface area (Å²) in [4.78, 5) is 22.5. The highest BCUT2D eigenvalue weighted by molar-refractivity contribution is 5.95. The third kappa shape index (κ3) is 7.30. The Morgan fingerprint density at radius 3 is 2.71 bits per heavy atom. The lowest BCUT2D eigenvalue weighted by molar-refractivity contribution is -0.131. The van der Waals surface area contributed by atoms with Crippen LogP contribution in [-0.4, -0.2) is 23.5 Å². The Balaban J connectivity index is 2.47. The van der Waals surface area contributed by atoms with Crippen molar-refractivity contribution in [1.29, 1.82) is 0 Å². The summed E-state index contributed by atoms with van der Waals surface area (Å²) in [6.07, 6.45) is 5.79. The Bertz CT molecular complexity index is 507. The Morgan fingerprint density at radius 2 is 2.05 bits per heavy atom. The first-order chi connectivity index (χ1) is 9.99. The molecule has 0 radical (unpaired) electrons. The van der Waals surface area contributed by atoms with Gasteiger partial charge in [-0.2, -0.15) is 0 Å². The molecule has 21 heavy (non-hydrogen) atoms. The van der Waals surface area contributed by atoms with E-state index in [2.05, 4.69) is 19.2 Å². The van der Waals surface area contributed by atoms with Gasteiger partial charge in [-0.3, -0.25) is 4.79 Å². The number of carbonyl (C=O) groups excluding carboxylic acids is 1. The minimum atomic E-state index is -1.00. The van der Waals surface area contributed by atoms with Crippen LogP contribution in [0.15, 0.2) is 30.3 Å². The van der Waals surface area contributed by atoms with Gasteiger partial charge in [-0.1, -0.05) is 38.8 Å². The van der Waals surface area contributed by atoms with Crippen LogP contribution in [0.5, 0.6) is 0 Å². The molecule has 114 valence electrons. The van der Waals surface area contributed by atoms with Gasteiger partial charge in [-0.05, 0) is 36.1 Å². The highest BCUT2D eigenvalue weighted by atomic mass is 16.4. The molecule has 0 unspecified atom stereocenters. The quantitative estimate of drug-likeness (QED) is 0.570. The maximum Gasteiger partial charge on any atom is 0.328 e. The number of aliphatic carboxylic acids is 1. The fourth-order valence-electron chi connectivity index (χ4n) is 1.93. The lowest BCUT2D eigenvalue weighted by Crippen LogP contribution is -2.24. The largest absolute Gasteiger partial charge is 0.478 e. The van der Waals surface area contributed by atoms with Gasteiger partial charge >= 0.3 is 5.97 Å². The molecule has 1 rings (SSSR count). The van der Waals surface area contributed by atoms with Gasteiger partial charge in [0.25, 0.3) is 5.91 Å². The van der Waals surface area contributed by atoms with E-state index in [1.807, 2.05) is 0 Å². The summed E-state index contributed by atoms with van der Waals surface area (Å²) in [5.41, 5.74) is 1.25. The molecule has 0 saturated heterocycles. The van der Waals surface area contributed by atoms with E-state index in [1.165, 1.54) is 12.5 Å². The summed E-state index contributed by atoms with van der Waals surface area (Å²) in [6.45, 7) is 5.05. The van der Waals surface area contributed by atoms with Crippen molar-refractivity contribution in [3.63, 3.8) is 0 Å². The molecule has 2 N–H and O–H groups in total. The number of carboxylic acids is 1. The molecule has 4 heteroatoms. The van der Waals surface area contributed by atoms with Crippen molar-refractivity contribution >= 4 is 18.0 Å². The SMILES string of the molecule is CC(C)CCCCNC(=O)c1cccc(/C=C/C(=O)O)c1. The van der Waals surface area contributed by atoms with E-state index >= 15 is 0 Å². The van der Waals surface area contributed by atoms with E-state index in [0.717, 1.165) is 18.9 Å². The van der Waals surface area contributed by atoms with E-state index in [-0.39, 0.29) is 5.91 Å². The predicted molar refractivity (Wildman–Crippen MR) is 84.1 cm³/mol. The molecule has 0 bridgehead atoms. The van der Waals surface area contributed by atoms with Gasteiger partial charge in [0.05, 0.1) is 0 Å². The Hall–Kier alpha value is -2.10. The minimum absolute atomic E-state index is 0.120. The number of unbranched alkanes of at least 4 members (excludes halogenated alkanes) is 1. The zero-order valence-electron chi connectivity index (χ0n) is 12.6. The average molecular weight is 289 g/mol. The van der Waals surface area contributed by atoms with E-state index in [1.54, 1.807) is 24.3 Å². The topological polar surface area (TPSA) is 66.4 Å². The van der Waals surface area contributed by atoms with Crippen molar-refractivity contribution in [3.05, 3.63) is 41.5 Å². The second-order valence-corrected chi connectivity index (χ2v) is 5.44. The first-order valence-electron chi connectivity index (χ1n) is 7.28. The molecule has 0 aromatic heterocycles. The van der Waals surface area contributed by atoms with Crippen LogP contribution in [0.3, 0.4) is 0 Å². The summed E-state index contributed by atoms with van der Waals surface area (Å²) in [7, 11) is 0. The maximum atomic E-state index is 12.0. The molecule has 0 aliphatic rings. The summed E-state index contributed by atoms with van der Waals surface area (Å²) in [5, 5.41) is 11.5. The smallest absolute Gasteiger partial charge is 0.328 e. The van der Waals surface area contributed by atoms with Gasteiger partial charge in [0.2, 0.25) is 0 Å². The summed E-state index contributed by atoms with van der Waals surface area (Å²) in [6, 6.07) is 6.92. The molecular weight excluding hydrogens is 266 g/mol. The number of rotatable bonds is 8. The van der Waals surface area contributed by atoms with Gasteiger partial charge < -0.3 is 10.4 Å².